The lowest BCUT2D eigenvalue weighted by Gasteiger charge is -2.07. The van der Waals surface area contributed by atoms with Gasteiger partial charge in [0.1, 0.15) is 5.75 Å². The first-order valence-corrected chi connectivity index (χ1v) is 5.99. The monoisotopic (exact) mass is 227 g/mol. The number of rotatable bonds is 6. The van der Waals surface area contributed by atoms with E-state index in [1.807, 2.05) is 24.3 Å². The van der Waals surface area contributed by atoms with Crippen molar-refractivity contribution >= 4 is 11.8 Å². The molecule has 0 aromatic heterocycles. The van der Waals surface area contributed by atoms with Crippen LogP contribution in [0, 0.1) is 0 Å². The van der Waals surface area contributed by atoms with Gasteiger partial charge in [0.2, 0.25) is 0 Å². The lowest BCUT2D eigenvalue weighted by atomic mass is 10.2. The highest BCUT2D eigenvalue weighted by Gasteiger charge is 2.00. The number of ether oxygens (including phenoxy) is 1. The molecule has 0 spiro atoms. The number of nitrogens with two attached hydrogens (primary N) is 1. The summed E-state index contributed by atoms with van der Waals surface area (Å²) in [5.74, 6) is 2.57. The maximum absolute atomic E-state index is 8.75. The summed E-state index contributed by atoms with van der Waals surface area (Å²) < 4.78 is 5.07. The first-order chi connectivity index (χ1) is 7.26. The van der Waals surface area contributed by atoms with Crippen molar-refractivity contribution in [3.05, 3.63) is 29.8 Å². The standard InChI is InChI=1S/C11H17NO2S/c1-14-11-4-2-9(3-5-11)7-15-8-10(12)6-13/h2-5,10,13H,6-8,12H2,1H3/t10-/m1/s1. The van der Waals surface area contributed by atoms with Gasteiger partial charge in [-0.05, 0) is 17.7 Å². The molecule has 0 unspecified atom stereocenters. The van der Waals surface area contributed by atoms with Crippen LogP contribution in [0.25, 0.3) is 0 Å². The molecule has 0 amide bonds. The van der Waals surface area contributed by atoms with Crippen LogP contribution in [0.15, 0.2) is 24.3 Å². The predicted molar refractivity (Wildman–Crippen MR) is 64.2 cm³/mol. The second kappa shape index (κ2) is 6.71. The van der Waals surface area contributed by atoms with E-state index in [0.29, 0.717) is 0 Å². The molecule has 3 N–H and O–H groups in total. The zero-order valence-corrected chi connectivity index (χ0v) is 9.67. The third kappa shape index (κ3) is 4.55. The summed E-state index contributed by atoms with van der Waals surface area (Å²) in [7, 11) is 1.66. The fraction of sp³-hybridized carbons (Fsp3) is 0.455. The van der Waals surface area contributed by atoms with Crippen molar-refractivity contribution in [3.63, 3.8) is 0 Å². The van der Waals surface area contributed by atoms with E-state index in [1.54, 1.807) is 18.9 Å². The summed E-state index contributed by atoms with van der Waals surface area (Å²) in [5.41, 5.74) is 6.83. The van der Waals surface area contributed by atoms with Gasteiger partial charge >= 0.3 is 0 Å². The summed E-state index contributed by atoms with van der Waals surface area (Å²) in [4.78, 5) is 0. The third-order valence-electron chi connectivity index (χ3n) is 1.99. The van der Waals surface area contributed by atoms with Crippen LogP contribution in [0.5, 0.6) is 5.75 Å². The van der Waals surface area contributed by atoms with Gasteiger partial charge < -0.3 is 15.6 Å². The van der Waals surface area contributed by atoms with Crippen LogP contribution in [0.4, 0.5) is 0 Å². The van der Waals surface area contributed by atoms with Crippen molar-refractivity contribution in [2.45, 2.75) is 11.8 Å². The number of benzene rings is 1. The van der Waals surface area contributed by atoms with Gasteiger partial charge in [-0.1, -0.05) is 12.1 Å². The molecule has 84 valence electrons. The maximum Gasteiger partial charge on any atom is 0.118 e. The summed E-state index contributed by atoms with van der Waals surface area (Å²) >= 11 is 1.73. The van der Waals surface area contributed by atoms with E-state index in [2.05, 4.69) is 0 Å². The Hall–Kier alpha value is -0.710. The summed E-state index contributed by atoms with van der Waals surface area (Å²) in [5, 5.41) is 8.75. The third-order valence-corrected chi connectivity index (χ3v) is 3.20. The van der Waals surface area contributed by atoms with Crippen molar-refractivity contribution < 1.29 is 9.84 Å². The van der Waals surface area contributed by atoms with Gasteiger partial charge in [0.05, 0.1) is 13.7 Å². The molecule has 4 heteroatoms. The Morgan fingerprint density at radius 2 is 2.07 bits per heavy atom. The number of methoxy groups -OCH3 is 1. The first-order valence-electron chi connectivity index (χ1n) is 4.83. The second-order valence-electron chi connectivity index (χ2n) is 3.31. The SMILES string of the molecule is COc1ccc(CSC[C@H](N)CO)cc1. The molecule has 0 aliphatic heterocycles. The van der Waals surface area contributed by atoms with Gasteiger partial charge in [-0.2, -0.15) is 11.8 Å². The molecule has 0 heterocycles. The van der Waals surface area contributed by atoms with E-state index in [4.69, 9.17) is 15.6 Å². The predicted octanol–water partition coefficient (Wildman–Crippen LogP) is 1.25. The van der Waals surface area contributed by atoms with Gasteiger partial charge in [-0.3, -0.25) is 0 Å². The van der Waals surface area contributed by atoms with Crippen molar-refractivity contribution in [3.8, 4) is 5.75 Å². The van der Waals surface area contributed by atoms with Crippen LogP contribution in [-0.4, -0.2) is 30.6 Å². The summed E-state index contributed by atoms with van der Waals surface area (Å²) in [6, 6.07) is 7.85. The lowest BCUT2D eigenvalue weighted by molar-refractivity contribution is 0.275. The smallest absolute Gasteiger partial charge is 0.118 e. The highest BCUT2D eigenvalue weighted by Crippen LogP contribution is 2.16. The van der Waals surface area contributed by atoms with E-state index in [-0.39, 0.29) is 12.6 Å². The Balaban J connectivity index is 2.31. The van der Waals surface area contributed by atoms with Crippen LogP contribution >= 0.6 is 11.8 Å². The number of thioether (sulfide) groups is 1. The molecular formula is C11H17NO2S. The molecule has 0 aliphatic carbocycles. The normalized spacial score (nSPS) is 12.5. The number of hydrogen-bond acceptors (Lipinski definition) is 4. The summed E-state index contributed by atoms with van der Waals surface area (Å²) in [6.45, 7) is 0.0512. The van der Waals surface area contributed by atoms with Gasteiger partial charge in [0.25, 0.3) is 0 Å². The van der Waals surface area contributed by atoms with Crippen molar-refractivity contribution in [2.24, 2.45) is 5.73 Å². The average molecular weight is 227 g/mol. The largest absolute Gasteiger partial charge is 0.497 e. The Bertz CT molecular complexity index is 276. The quantitative estimate of drug-likeness (QED) is 0.768. The van der Waals surface area contributed by atoms with Crippen molar-refractivity contribution in [1.82, 2.24) is 0 Å². The molecule has 15 heavy (non-hydrogen) atoms. The van der Waals surface area contributed by atoms with Crippen molar-refractivity contribution in [1.29, 1.82) is 0 Å². The van der Waals surface area contributed by atoms with E-state index < -0.39 is 0 Å². The molecule has 1 rings (SSSR count). The molecule has 0 bridgehead atoms. The number of hydrogen-bond donors (Lipinski definition) is 2. The van der Waals surface area contributed by atoms with Gasteiger partial charge in [-0.25, -0.2) is 0 Å². The molecule has 0 fully saturated rings. The average Bonchev–Trinajstić information content (AvgIpc) is 2.29. The zero-order valence-electron chi connectivity index (χ0n) is 8.85. The van der Waals surface area contributed by atoms with E-state index in [1.165, 1.54) is 5.56 Å². The Kier molecular flexibility index (Phi) is 5.53. The van der Waals surface area contributed by atoms with Crippen LogP contribution in [0.1, 0.15) is 5.56 Å². The van der Waals surface area contributed by atoms with E-state index >= 15 is 0 Å². The Labute approximate surface area is 94.6 Å². The van der Waals surface area contributed by atoms with E-state index in [9.17, 15) is 0 Å². The zero-order chi connectivity index (χ0) is 11.1. The molecule has 0 saturated heterocycles. The van der Waals surface area contributed by atoms with Crippen LogP contribution < -0.4 is 10.5 Å². The van der Waals surface area contributed by atoms with Gasteiger partial charge in [-0.15, -0.1) is 0 Å². The topological polar surface area (TPSA) is 55.5 Å². The first kappa shape index (κ1) is 12.4. The number of aliphatic hydroxyl groups is 1. The fourth-order valence-corrected chi connectivity index (χ4v) is 2.06. The highest BCUT2D eigenvalue weighted by molar-refractivity contribution is 7.98. The molecule has 1 atom stereocenters. The number of aliphatic hydroxyl groups excluding tert-OH is 1. The molecular weight excluding hydrogens is 210 g/mol. The highest BCUT2D eigenvalue weighted by atomic mass is 32.2. The Morgan fingerprint density at radius 3 is 2.60 bits per heavy atom. The summed E-state index contributed by atoms with van der Waals surface area (Å²) in [6.07, 6.45) is 0. The van der Waals surface area contributed by atoms with E-state index in [0.717, 1.165) is 17.3 Å². The second-order valence-corrected chi connectivity index (χ2v) is 4.34. The molecule has 0 aliphatic rings. The molecule has 0 saturated carbocycles. The lowest BCUT2D eigenvalue weighted by Crippen LogP contribution is -2.26. The molecule has 3 nitrogen and oxygen atoms in total. The minimum absolute atomic E-state index is 0.0512. The minimum atomic E-state index is -0.117. The van der Waals surface area contributed by atoms with Crippen molar-refractivity contribution in [2.75, 3.05) is 19.5 Å². The fourth-order valence-electron chi connectivity index (χ4n) is 1.10. The molecule has 1 aromatic carbocycles. The maximum atomic E-state index is 8.75. The molecule has 1 aromatic rings. The van der Waals surface area contributed by atoms with Crippen LogP contribution in [0.2, 0.25) is 0 Å². The molecule has 0 radical (unpaired) electrons. The Morgan fingerprint density at radius 1 is 1.40 bits per heavy atom. The van der Waals surface area contributed by atoms with Crippen LogP contribution in [0.3, 0.4) is 0 Å². The van der Waals surface area contributed by atoms with Gasteiger partial charge in [0, 0.05) is 17.5 Å². The minimum Gasteiger partial charge on any atom is -0.497 e. The van der Waals surface area contributed by atoms with Crippen LogP contribution in [-0.2, 0) is 5.75 Å². The van der Waals surface area contributed by atoms with Gasteiger partial charge in [0.15, 0.2) is 0 Å².